The Balaban J connectivity index is 1.52. The zero-order valence-corrected chi connectivity index (χ0v) is 17.1. The molecule has 0 aromatic rings. The summed E-state index contributed by atoms with van der Waals surface area (Å²) in [6.45, 7) is 6.81. The quantitative estimate of drug-likeness (QED) is 0.422. The van der Waals surface area contributed by atoms with Crippen LogP contribution in [-0.4, -0.2) is 38.4 Å². The molecule has 5 nitrogen and oxygen atoms in total. The maximum atomic E-state index is 13.3. The van der Waals surface area contributed by atoms with E-state index in [4.69, 9.17) is 14.2 Å². The van der Waals surface area contributed by atoms with Gasteiger partial charge in [-0.25, -0.2) is 0 Å². The molecule has 0 amide bonds. The van der Waals surface area contributed by atoms with E-state index in [2.05, 4.69) is 13.5 Å². The van der Waals surface area contributed by atoms with Crippen LogP contribution in [0.25, 0.3) is 0 Å². The highest BCUT2D eigenvalue weighted by Gasteiger charge is 2.93. The minimum atomic E-state index is -0.387. The lowest BCUT2D eigenvalue weighted by atomic mass is 9.59. The van der Waals surface area contributed by atoms with Crippen molar-refractivity contribution in [2.24, 2.45) is 45.8 Å². The number of rotatable bonds is 4. The number of fused-ring (bicyclic) bond motifs is 2. The Morgan fingerprint density at radius 2 is 2.04 bits per heavy atom. The number of esters is 1. The number of ketones is 1. The summed E-state index contributed by atoms with van der Waals surface area (Å²) in [6.07, 6.45) is 5.67. The van der Waals surface area contributed by atoms with Crippen LogP contribution in [0.4, 0.5) is 0 Å². The van der Waals surface area contributed by atoms with E-state index in [0.29, 0.717) is 17.6 Å². The van der Waals surface area contributed by atoms with Gasteiger partial charge < -0.3 is 14.2 Å². The van der Waals surface area contributed by atoms with Crippen LogP contribution in [0.5, 0.6) is 0 Å². The van der Waals surface area contributed by atoms with Gasteiger partial charge in [0.25, 0.3) is 0 Å². The molecule has 0 heterocycles. The van der Waals surface area contributed by atoms with E-state index >= 15 is 0 Å². The Morgan fingerprint density at radius 1 is 1.25 bits per heavy atom. The fraction of sp³-hybridized carbons (Fsp3) is 0.826. The van der Waals surface area contributed by atoms with Crippen LogP contribution in [-0.2, 0) is 23.8 Å². The summed E-state index contributed by atoms with van der Waals surface area (Å²) >= 11 is 0. The van der Waals surface area contributed by atoms with E-state index in [1.54, 1.807) is 7.11 Å². The summed E-state index contributed by atoms with van der Waals surface area (Å²) in [4.78, 5) is 26.6. The Labute approximate surface area is 166 Å². The molecule has 0 radical (unpaired) electrons. The summed E-state index contributed by atoms with van der Waals surface area (Å²) < 4.78 is 16.8. The average Bonchev–Trinajstić information content (AvgIpc) is 3.13. The van der Waals surface area contributed by atoms with E-state index in [-0.39, 0.29) is 52.4 Å². The van der Waals surface area contributed by atoms with E-state index in [9.17, 15) is 9.59 Å². The van der Waals surface area contributed by atoms with Gasteiger partial charge in [0.15, 0.2) is 0 Å². The van der Waals surface area contributed by atoms with Crippen LogP contribution in [0.1, 0.15) is 45.4 Å². The first-order valence-electron chi connectivity index (χ1n) is 10.8. The Morgan fingerprint density at radius 3 is 2.75 bits per heavy atom. The van der Waals surface area contributed by atoms with Crippen molar-refractivity contribution in [2.45, 2.75) is 51.0 Å². The highest BCUT2D eigenvalue weighted by molar-refractivity contribution is 5.97. The molecule has 7 saturated carbocycles. The minimum absolute atomic E-state index is 0.0426. The molecule has 0 aromatic heterocycles. The van der Waals surface area contributed by atoms with Crippen molar-refractivity contribution in [3.63, 3.8) is 0 Å². The third-order valence-electron chi connectivity index (χ3n) is 10.3. The lowest BCUT2D eigenvalue weighted by molar-refractivity contribution is -0.162. The van der Waals surface area contributed by atoms with Crippen LogP contribution in [0, 0.1) is 45.8 Å². The monoisotopic (exact) mass is 386 g/mol. The molecule has 0 aliphatic heterocycles. The lowest BCUT2D eigenvalue weighted by Crippen LogP contribution is -2.47. The van der Waals surface area contributed by atoms with Gasteiger partial charge in [-0.15, -0.1) is 0 Å². The van der Waals surface area contributed by atoms with Crippen LogP contribution in [0.3, 0.4) is 0 Å². The van der Waals surface area contributed by atoms with Crippen LogP contribution < -0.4 is 0 Å². The zero-order valence-electron chi connectivity index (χ0n) is 17.1. The van der Waals surface area contributed by atoms with Crippen molar-refractivity contribution < 1.29 is 23.8 Å². The van der Waals surface area contributed by atoms with Gasteiger partial charge in [0.05, 0.1) is 18.6 Å². The smallest absolute Gasteiger partial charge is 0.309 e. The molecule has 0 saturated heterocycles. The standard InChI is InChI=1S/C23H30O5/c1-12-9-21-10-22(12,28-11-26-3)8-6-14(21)23-13-5-7-20(2,18(24)15(13)23)17(23)16(21)19(25)27-4/h13-17H,1,5-11H2,2-4H3/t13-,14-,15-,16-,17-,20-,21+,22+,23+/m1/s1. The summed E-state index contributed by atoms with van der Waals surface area (Å²) in [7, 11) is 3.15. The molecule has 0 unspecified atom stereocenters. The average molecular weight is 386 g/mol. The second-order valence-corrected chi connectivity index (χ2v) is 10.7. The van der Waals surface area contributed by atoms with E-state index in [1.807, 2.05) is 0 Å². The first kappa shape index (κ1) is 17.6. The Kier molecular flexibility index (Phi) is 3.10. The molecule has 0 N–H and O–H groups in total. The predicted octanol–water partition coefficient (Wildman–Crippen LogP) is 3.13. The number of carbonyl (C=O) groups excluding carboxylic acids is 2. The minimum Gasteiger partial charge on any atom is -0.469 e. The second-order valence-electron chi connectivity index (χ2n) is 10.7. The topological polar surface area (TPSA) is 61.8 Å². The summed E-state index contributed by atoms with van der Waals surface area (Å²) in [5.41, 5.74) is 0.242. The first-order valence-corrected chi connectivity index (χ1v) is 10.8. The van der Waals surface area contributed by atoms with Gasteiger partial charge in [-0.3, -0.25) is 9.59 Å². The molecule has 9 atom stereocenters. The fourth-order valence-electron chi connectivity index (χ4n) is 9.76. The molecule has 7 aliphatic rings. The number of methoxy groups -OCH3 is 2. The fourth-order valence-corrected chi connectivity index (χ4v) is 9.76. The number of ether oxygens (including phenoxy) is 3. The number of hydrogen-bond donors (Lipinski definition) is 0. The number of Topliss-reactive ketones (excluding diaryl/α,β-unsaturated/α-hetero) is 1. The molecular formula is C23H30O5. The normalized spacial score (nSPS) is 57.2. The first-order chi connectivity index (χ1) is 13.3. The van der Waals surface area contributed by atoms with E-state index < -0.39 is 0 Å². The second kappa shape index (κ2) is 4.92. The van der Waals surface area contributed by atoms with Gasteiger partial charge in [0.2, 0.25) is 0 Å². The molecule has 7 fully saturated rings. The van der Waals surface area contributed by atoms with Gasteiger partial charge in [-0.05, 0) is 72.7 Å². The van der Waals surface area contributed by atoms with Gasteiger partial charge in [-0.1, -0.05) is 13.5 Å². The van der Waals surface area contributed by atoms with Gasteiger partial charge in [-0.2, -0.15) is 0 Å². The molecular weight excluding hydrogens is 356 g/mol. The molecule has 5 heteroatoms. The van der Waals surface area contributed by atoms with Crippen LogP contribution >= 0.6 is 0 Å². The molecule has 7 aliphatic carbocycles. The van der Waals surface area contributed by atoms with Crippen molar-refractivity contribution in [2.75, 3.05) is 21.0 Å². The van der Waals surface area contributed by atoms with Gasteiger partial charge in [0.1, 0.15) is 12.6 Å². The molecule has 152 valence electrons. The largest absolute Gasteiger partial charge is 0.469 e. The van der Waals surface area contributed by atoms with Crippen molar-refractivity contribution in [1.29, 1.82) is 0 Å². The molecule has 7 rings (SSSR count). The summed E-state index contributed by atoms with van der Waals surface area (Å²) in [5, 5.41) is 0. The van der Waals surface area contributed by atoms with Crippen LogP contribution in [0.15, 0.2) is 12.2 Å². The van der Waals surface area contributed by atoms with Crippen molar-refractivity contribution in [1.82, 2.24) is 0 Å². The molecule has 28 heavy (non-hydrogen) atoms. The molecule has 6 bridgehead atoms. The highest BCUT2D eigenvalue weighted by atomic mass is 16.7. The summed E-state index contributed by atoms with van der Waals surface area (Å²) in [6, 6.07) is 0. The Bertz CT molecular complexity index is 820. The van der Waals surface area contributed by atoms with Crippen molar-refractivity contribution >= 4 is 11.8 Å². The van der Waals surface area contributed by atoms with Gasteiger partial charge in [0, 0.05) is 18.4 Å². The predicted molar refractivity (Wildman–Crippen MR) is 100.0 cm³/mol. The highest BCUT2D eigenvalue weighted by Crippen LogP contribution is 2.92. The number of carbonyl (C=O) groups is 2. The van der Waals surface area contributed by atoms with Crippen molar-refractivity contribution in [3.8, 4) is 0 Å². The maximum Gasteiger partial charge on any atom is 0.309 e. The SMILES string of the molecule is C=C1C[C@]23C[C@@]1(OCOC)CC[C@H]2[C@@]12[C@@H]4CC[C@@](C)(C(=O)[C@@H]41)[C@H]2[C@@H]3C(=O)OC. The number of hydrogen-bond acceptors (Lipinski definition) is 5. The molecule has 2 spiro atoms. The third-order valence-corrected chi connectivity index (χ3v) is 10.3. The zero-order chi connectivity index (χ0) is 19.7. The maximum absolute atomic E-state index is 13.3. The lowest BCUT2D eigenvalue weighted by Gasteiger charge is -2.45. The van der Waals surface area contributed by atoms with Gasteiger partial charge >= 0.3 is 5.97 Å². The summed E-state index contributed by atoms with van der Waals surface area (Å²) in [5.74, 6) is 1.35. The third kappa shape index (κ3) is 1.50. The Hall–Kier alpha value is -1.20. The van der Waals surface area contributed by atoms with Crippen molar-refractivity contribution in [3.05, 3.63) is 12.2 Å². The van der Waals surface area contributed by atoms with Crippen LogP contribution in [0.2, 0.25) is 0 Å². The van der Waals surface area contributed by atoms with E-state index in [0.717, 1.165) is 44.1 Å². The molecule has 0 aromatic carbocycles. The van der Waals surface area contributed by atoms with E-state index in [1.165, 1.54) is 7.11 Å².